The summed E-state index contributed by atoms with van der Waals surface area (Å²) in [6, 6.07) is 0. The number of imidazole rings is 1. The number of nitrogens with zero attached hydrogens (tertiary/aromatic N) is 2. The number of hydrogen-bond acceptors (Lipinski definition) is 2. The monoisotopic (exact) mass is 260 g/mol. The average molecular weight is 261 g/mol. The molecule has 0 unspecified atom stereocenters. The van der Waals surface area contributed by atoms with Crippen LogP contribution in [0.3, 0.4) is 0 Å². The topological polar surface area (TPSA) is 38.1 Å². The van der Waals surface area contributed by atoms with Crippen LogP contribution >= 0.6 is 15.9 Å². The van der Waals surface area contributed by atoms with Crippen molar-refractivity contribution in [2.45, 2.75) is 26.7 Å². The first-order valence-corrected chi connectivity index (χ1v) is 5.66. The number of aliphatic hydroxyl groups excluding tert-OH is 1. The quantitative estimate of drug-likeness (QED) is 0.899. The van der Waals surface area contributed by atoms with E-state index < -0.39 is 0 Å². The third-order valence-corrected chi connectivity index (χ3v) is 2.83. The molecule has 0 atom stereocenters. The zero-order chi connectivity index (χ0) is 10.7. The summed E-state index contributed by atoms with van der Waals surface area (Å²) in [4.78, 5) is 4.37. The molecule has 80 valence electrons. The Bertz CT molecular complexity index is 307. The number of hydrogen-bond donors (Lipinski definition) is 1. The molecular weight excluding hydrogens is 244 g/mol. The molecule has 0 bridgehead atoms. The molecule has 14 heavy (non-hydrogen) atoms. The van der Waals surface area contributed by atoms with Crippen molar-refractivity contribution < 1.29 is 5.11 Å². The number of aromatic nitrogens is 2. The van der Waals surface area contributed by atoms with Gasteiger partial charge < -0.3 is 9.67 Å². The molecule has 1 N–H and O–H groups in total. The number of halogens is 1. The third-order valence-electron chi connectivity index (χ3n) is 2.19. The molecule has 0 aliphatic carbocycles. The van der Waals surface area contributed by atoms with Gasteiger partial charge in [-0.25, -0.2) is 4.98 Å². The Balaban J connectivity index is 2.92. The highest BCUT2D eigenvalue weighted by Crippen LogP contribution is 2.20. The molecule has 4 heteroatoms. The molecule has 1 aromatic heterocycles. The molecule has 0 aliphatic rings. The summed E-state index contributed by atoms with van der Waals surface area (Å²) in [5, 5.41) is 8.86. The molecule has 1 aromatic rings. The van der Waals surface area contributed by atoms with Crippen LogP contribution in [0.2, 0.25) is 0 Å². The van der Waals surface area contributed by atoms with Crippen LogP contribution in [-0.4, -0.2) is 21.3 Å². The van der Waals surface area contributed by atoms with Crippen LogP contribution < -0.4 is 0 Å². The minimum Gasteiger partial charge on any atom is -0.396 e. The summed E-state index contributed by atoms with van der Waals surface area (Å²) in [5.74, 6) is 1.55. The van der Waals surface area contributed by atoms with E-state index in [2.05, 4.69) is 39.3 Å². The van der Waals surface area contributed by atoms with E-state index in [4.69, 9.17) is 5.11 Å². The minimum atomic E-state index is 0.151. The molecule has 0 radical (unpaired) electrons. The summed E-state index contributed by atoms with van der Waals surface area (Å²) in [5.41, 5.74) is 1.21. The summed E-state index contributed by atoms with van der Waals surface area (Å²) in [6.07, 6.45) is 1.63. The predicted octanol–water partition coefficient (Wildman–Crippen LogP) is 1.92. The highest BCUT2D eigenvalue weighted by atomic mass is 79.9. The van der Waals surface area contributed by atoms with Gasteiger partial charge in [-0.1, -0.05) is 13.8 Å². The van der Waals surface area contributed by atoms with Gasteiger partial charge in [0.15, 0.2) is 0 Å². The van der Waals surface area contributed by atoms with Gasteiger partial charge in [0, 0.05) is 13.5 Å². The lowest BCUT2D eigenvalue weighted by Gasteiger charge is -2.07. The summed E-state index contributed by atoms with van der Waals surface area (Å²) < 4.78 is 2.98. The van der Waals surface area contributed by atoms with Gasteiger partial charge in [0.25, 0.3) is 0 Å². The number of aliphatic hydroxyl groups is 1. The molecular formula is C10H17BrN2O. The molecule has 0 aromatic carbocycles. The highest BCUT2D eigenvalue weighted by molar-refractivity contribution is 9.10. The van der Waals surface area contributed by atoms with Crippen LogP contribution in [0.5, 0.6) is 0 Å². The van der Waals surface area contributed by atoms with E-state index in [1.165, 1.54) is 5.69 Å². The summed E-state index contributed by atoms with van der Waals surface area (Å²) in [6.45, 7) is 4.52. The molecule has 3 nitrogen and oxygen atoms in total. The van der Waals surface area contributed by atoms with Crippen molar-refractivity contribution in [1.82, 2.24) is 9.55 Å². The van der Waals surface area contributed by atoms with Gasteiger partial charge in [0.05, 0.1) is 12.3 Å². The van der Waals surface area contributed by atoms with Crippen molar-refractivity contribution in [3.63, 3.8) is 0 Å². The standard InChI is InChI=1S/C10H17BrN2O/c1-7(2)6-8-10(11)12-9(4-5-14)13(8)3/h7,14H,4-6H2,1-3H3. The second kappa shape index (κ2) is 4.94. The summed E-state index contributed by atoms with van der Waals surface area (Å²) in [7, 11) is 2.00. The van der Waals surface area contributed by atoms with Gasteiger partial charge in [-0.2, -0.15) is 0 Å². The van der Waals surface area contributed by atoms with Crippen molar-refractivity contribution in [2.75, 3.05) is 6.61 Å². The average Bonchev–Trinajstić information content (AvgIpc) is 2.33. The Labute approximate surface area is 93.3 Å². The lowest BCUT2D eigenvalue weighted by molar-refractivity contribution is 0.295. The first kappa shape index (κ1) is 11.7. The Morgan fingerprint density at radius 2 is 2.14 bits per heavy atom. The van der Waals surface area contributed by atoms with Gasteiger partial charge in [-0.3, -0.25) is 0 Å². The zero-order valence-electron chi connectivity index (χ0n) is 8.92. The Morgan fingerprint density at radius 3 is 2.64 bits per heavy atom. The Morgan fingerprint density at radius 1 is 1.50 bits per heavy atom. The van der Waals surface area contributed by atoms with Crippen molar-refractivity contribution in [3.05, 3.63) is 16.1 Å². The van der Waals surface area contributed by atoms with Gasteiger partial charge in [-0.05, 0) is 28.3 Å². The minimum absolute atomic E-state index is 0.151. The van der Waals surface area contributed by atoms with E-state index in [0.29, 0.717) is 12.3 Å². The van der Waals surface area contributed by atoms with Crippen LogP contribution in [0, 0.1) is 5.92 Å². The smallest absolute Gasteiger partial charge is 0.127 e. The fourth-order valence-electron chi connectivity index (χ4n) is 1.48. The van der Waals surface area contributed by atoms with Crippen LogP contribution in [0.4, 0.5) is 0 Å². The van der Waals surface area contributed by atoms with Gasteiger partial charge in [-0.15, -0.1) is 0 Å². The molecule has 0 saturated heterocycles. The molecule has 0 aliphatic heterocycles. The van der Waals surface area contributed by atoms with E-state index in [1.54, 1.807) is 0 Å². The van der Waals surface area contributed by atoms with Gasteiger partial charge >= 0.3 is 0 Å². The highest BCUT2D eigenvalue weighted by Gasteiger charge is 2.12. The molecule has 1 rings (SSSR count). The van der Waals surface area contributed by atoms with Crippen LogP contribution in [0.15, 0.2) is 4.60 Å². The normalized spacial score (nSPS) is 11.3. The maximum absolute atomic E-state index is 8.86. The van der Waals surface area contributed by atoms with Crippen molar-refractivity contribution in [1.29, 1.82) is 0 Å². The van der Waals surface area contributed by atoms with Crippen molar-refractivity contribution in [3.8, 4) is 0 Å². The molecule has 1 heterocycles. The maximum atomic E-state index is 8.86. The summed E-state index contributed by atoms with van der Waals surface area (Å²) >= 11 is 3.45. The van der Waals surface area contributed by atoms with Crippen molar-refractivity contribution >= 4 is 15.9 Å². The van der Waals surface area contributed by atoms with Crippen molar-refractivity contribution in [2.24, 2.45) is 13.0 Å². The molecule has 0 spiro atoms. The first-order valence-electron chi connectivity index (χ1n) is 4.87. The van der Waals surface area contributed by atoms with Gasteiger partial charge in [0.1, 0.15) is 10.4 Å². The third kappa shape index (κ3) is 2.58. The van der Waals surface area contributed by atoms with E-state index >= 15 is 0 Å². The fourth-order valence-corrected chi connectivity index (χ4v) is 2.11. The second-order valence-corrected chi connectivity index (χ2v) is 4.65. The predicted molar refractivity (Wildman–Crippen MR) is 60.2 cm³/mol. The lowest BCUT2D eigenvalue weighted by Crippen LogP contribution is -2.06. The zero-order valence-corrected chi connectivity index (χ0v) is 10.5. The number of rotatable bonds is 4. The van der Waals surface area contributed by atoms with Crippen LogP contribution in [0.1, 0.15) is 25.4 Å². The second-order valence-electron chi connectivity index (χ2n) is 3.90. The maximum Gasteiger partial charge on any atom is 0.127 e. The van der Waals surface area contributed by atoms with Crippen LogP contribution in [-0.2, 0) is 19.9 Å². The Hall–Kier alpha value is -0.350. The largest absolute Gasteiger partial charge is 0.396 e. The van der Waals surface area contributed by atoms with E-state index in [1.807, 2.05) is 7.05 Å². The molecule has 0 amide bonds. The lowest BCUT2D eigenvalue weighted by atomic mass is 10.1. The SMILES string of the molecule is CC(C)Cc1c(Br)nc(CCO)n1C. The Kier molecular flexibility index (Phi) is 4.13. The molecule has 0 saturated carbocycles. The van der Waals surface area contributed by atoms with E-state index in [0.717, 1.165) is 16.8 Å². The van der Waals surface area contributed by atoms with Crippen LogP contribution in [0.25, 0.3) is 0 Å². The fraction of sp³-hybridized carbons (Fsp3) is 0.700. The van der Waals surface area contributed by atoms with E-state index in [9.17, 15) is 0 Å². The van der Waals surface area contributed by atoms with Gasteiger partial charge in [0.2, 0.25) is 0 Å². The first-order chi connectivity index (χ1) is 6.56. The van der Waals surface area contributed by atoms with E-state index in [-0.39, 0.29) is 6.61 Å². The molecule has 0 fully saturated rings.